The molecule has 1 rings (SSSR count). The van der Waals surface area contributed by atoms with Crippen LogP contribution in [0.2, 0.25) is 0 Å². The molecule has 0 aliphatic carbocycles. The van der Waals surface area contributed by atoms with E-state index in [2.05, 4.69) is 23.8 Å². The molecule has 2 atom stereocenters. The number of rotatable bonds is 6. The summed E-state index contributed by atoms with van der Waals surface area (Å²) in [6.45, 7) is 2.18. The van der Waals surface area contributed by atoms with Crippen molar-refractivity contribution >= 4 is 5.97 Å². The Morgan fingerprint density at radius 1 is 1.29 bits per heavy atom. The quantitative estimate of drug-likeness (QED) is 0.769. The number of esters is 1. The lowest BCUT2D eigenvalue weighted by molar-refractivity contribution is -0.142. The van der Waals surface area contributed by atoms with E-state index >= 15 is 0 Å². The van der Waals surface area contributed by atoms with Crippen molar-refractivity contribution in [1.82, 2.24) is 0 Å². The monoisotopic (exact) mass is 235 g/mol. The molecule has 1 aromatic carbocycles. The molecule has 2 N–H and O–H groups in total. The van der Waals surface area contributed by atoms with E-state index in [0.29, 0.717) is 12.3 Å². The number of carbonyl (C=O) groups excluding carboxylic acids is 1. The summed E-state index contributed by atoms with van der Waals surface area (Å²) < 4.78 is 4.60. The van der Waals surface area contributed by atoms with E-state index in [1.807, 2.05) is 18.2 Å². The first kappa shape index (κ1) is 13.7. The molecule has 94 valence electrons. The predicted octanol–water partition coefficient (Wildman–Crippen LogP) is 2.15. The largest absolute Gasteiger partial charge is 0.468 e. The third-order valence-electron chi connectivity index (χ3n) is 2.90. The first-order chi connectivity index (χ1) is 8.13. The van der Waals surface area contributed by atoms with E-state index in [1.54, 1.807) is 0 Å². The highest BCUT2D eigenvalue weighted by Gasteiger charge is 2.14. The minimum Gasteiger partial charge on any atom is -0.468 e. The van der Waals surface area contributed by atoms with Crippen LogP contribution in [0.1, 0.15) is 25.3 Å². The molecule has 0 heterocycles. The smallest absolute Gasteiger partial charge is 0.322 e. The highest BCUT2D eigenvalue weighted by atomic mass is 16.5. The van der Waals surface area contributed by atoms with Gasteiger partial charge in [0.2, 0.25) is 0 Å². The summed E-state index contributed by atoms with van der Waals surface area (Å²) in [5, 5.41) is 0. The minimum atomic E-state index is -0.488. The topological polar surface area (TPSA) is 52.3 Å². The first-order valence-corrected chi connectivity index (χ1v) is 6.00. The Kier molecular flexibility index (Phi) is 5.70. The van der Waals surface area contributed by atoms with Gasteiger partial charge in [-0.25, -0.2) is 0 Å². The lowest BCUT2D eigenvalue weighted by Gasteiger charge is -2.14. The summed E-state index contributed by atoms with van der Waals surface area (Å²) in [6.07, 6.45) is 2.64. The number of carbonyl (C=O) groups is 1. The fraction of sp³-hybridized carbons (Fsp3) is 0.500. The van der Waals surface area contributed by atoms with E-state index in [-0.39, 0.29) is 5.97 Å². The molecule has 3 nitrogen and oxygen atoms in total. The summed E-state index contributed by atoms with van der Waals surface area (Å²) in [7, 11) is 1.37. The Morgan fingerprint density at radius 2 is 1.94 bits per heavy atom. The fourth-order valence-corrected chi connectivity index (χ4v) is 1.85. The van der Waals surface area contributed by atoms with Gasteiger partial charge in [0.1, 0.15) is 6.04 Å². The van der Waals surface area contributed by atoms with Gasteiger partial charge in [0.05, 0.1) is 7.11 Å². The molecule has 0 aromatic heterocycles. The SMILES string of the molecule is COC(=O)C(N)CCC(C)Cc1ccccc1. The number of nitrogens with two attached hydrogens (primary N) is 1. The van der Waals surface area contributed by atoms with Crippen LogP contribution in [-0.2, 0) is 16.0 Å². The second-order valence-electron chi connectivity index (χ2n) is 4.50. The fourth-order valence-electron chi connectivity index (χ4n) is 1.85. The van der Waals surface area contributed by atoms with E-state index in [4.69, 9.17) is 5.73 Å². The van der Waals surface area contributed by atoms with Crippen molar-refractivity contribution in [2.45, 2.75) is 32.2 Å². The molecular weight excluding hydrogens is 214 g/mol. The van der Waals surface area contributed by atoms with Crippen molar-refractivity contribution < 1.29 is 9.53 Å². The van der Waals surface area contributed by atoms with Crippen molar-refractivity contribution in [2.75, 3.05) is 7.11 Å². The van der Waals surface area contributed by atoms with Gasteiger partial charge in [0, 0.05) is 0 Å². The van der Waals surface area contributed by atoms with Crippen LogP contribution < -0.4 is 5.73 Å². The molecule has 2 unspecified atom stereocenters. The molecule has 17 heavy (non-hydrogen) atoms. The molecule has 0 aliphatic rings. The summed E-state index contributed by atoms with van der Waals surface area (Å²) in [4.78, 5) is 11.1. The molecule has 0 bridgehead atoms. The zero-order valence-electron chi connectivity index (χ0n) is 10.6. The summed E-state index contributed by atoms with van der Waals surface area (Å²) in [5.74, 6) is 0.199. The van der Waals surface area contributed by atoms with Gasteiger partial charge in [-0.2, -0.15) is 0 Å². The second kappa shape index (κ2) is 7.07. The van der Waals surface area contributed by atoms with Gasteiger partial charge in [0.15, 0.2) is 0 Å². The summed E-state index contributed by atoms with van der Waals surface area (Å²) in [5.41, 5.74) is 7.02. The molecule has 0 fully saturated rings. The Morgan fingerprint density at radius 3 is 2.53 bits per heavy atom. The maximum absolute atomic E-state index is 11.1. The van der Waals surface area contributed by atoms with Gasteiger partial charge in [-0.1, -0.05) is 37.3 Å². The molecule has 0 saturated heterocycles. The second-order valence-corrected chi connectivity index (χ2v) is 4.50. The maximum Gasteiger partial charge on any atom is 0.322 e. The van der Waals surface area contributed by atoms with Crippen LogP contribution in [0.4, 0.5) is 0 Å². The Labute approximate surface area is 103 Å². The van der Waals surface area contributed by atoms with Gasteiger partial charge in [-0.3, -0.25) is 4.79 Å². The van der Waals surface area contributed by atoms with Gasteiger partial charge in [-0.05, 0) is 30.7 Å². The van der Waals surface area contributed by atoms with E-state index in [9.17, 15) is 4.79 Å². The Bertz CT molecular complexity index is 337. The van der Waals surface area contributed by atoms with Crippen molar-refractivity contribution in [3.8, 4) is 0 Å². The number of hydrogen-bond donors (Lipinski definition) is 1. The van der Waals surface area contributed by atoms with Crippen molar-refractivity contribution in [3.63, 3.8) is 0 Å². The third kappa shape index (κ3) is 5.00. The maximum atomic E-state index is 11.1. The minimum absolute atomic E-state index is 0.322. The first-order valence-electron chi connectivity index (χ1n) is 6.00. The van der Waals surface area contributed by atoms with Crippen LogP contribution in [0, 0.1) is 5.92 Å². The van der Waals surface area contributed by atoms with E-state index in [1.165, 1.54) is 12.7 Å². The summed E-state index contributed by atoms with van der Waals surface area (Å²) >= 11 is 0. The van der Waals surface area contributed by atoms with Crippen LogP contribution in [0.3, 0.4) is 0 Å². The molecule has 0 radical (unpaired) electrons. The Hall–Kier alpha value is -1.35. The standard InChI is InChI=1S/C14H21NO2/c1-11(8-9-13(15)14(16)17-2)10-12-6-4-3-5-7-12/h3-7,11,13H,8-10,15H2,1-2H3. The molecular formula is C14H21NO2. The zero-order valence-corrected chi connectivity index (χ0v) is 10.6. The molecule has 0 spiro atoms. The van der Waals surface area contributed by atoms with E-state index in [0.717, 1.165) is 12.8 Å². The number of ether oxygens (including phenoxy) is 1. The lowest BCUT2D eigenvalue weighted by Crippen LogP contribution is -2.31. The van der Waals surface area contributed by atoms with Gasteiger partial charge in [0.25, 0.3) is 0 Å². The van der Waals surface area contributed by atoms with Crippen LogP contribution >= 0.6 is 0 Å². The molecule has 1 aromatic rings. The van der Waals surface area contributed by atoms with Crippen molar-refractivity contribution in [1.29, 1.82) is 0 Å². The lowest BCUT2D eigenvalue weighted by atomic mass is 9.95. The summed E-state index contributed by atoms with van der Waals surface area (Å²) in [6, 6.07) is 9.86. The molecule has 0 saturated carbocycles. The zero-order chi connectivity index (χ0) is 12.7. The van der Waals surface area contributed by atoms with Crippen molar-refractivity contribution in [2.24, 2.45) is 11.7 Å². The number of methoxy groups -OCH3 is 1. The van der Waals surface area contributed by atoms with Crippen LogP contribution in [0.15, 0.2) is 30.3 Å². The van der Waals surface area contributed by atoms with Crippen LogP contribution in [-0.4, -0.2) is 19.1 Å². The molecule has 0 amide bonds. The highest BCUT2D eigenvalue weighted by Crippen LogP contribution is 2.14. The Balaban J connectivity index is 2.31. The number of hydrogen-bond acceptors (Lipinski definition) is 3. The molecule has 0 aliphatic heterocycles. The predicted molar refractivity (Wildman–Crippen MR) is 68.5 cm³/mol. The van der Waals surface area contributed by atoms with Gasteiger partial charge < -0.3 is 10.5 Å². The average Bonchev–Trinajstić information content (AvgIpc) is 2.36. The van der Waals surface area contributed by atoms with Crippen LogP contribution in [0.25, 0.3) is 0 Å². The third-order valence-corrected chi connectivity index (χ3v) is 2.90. The van der Waals surface area contributed by atoms with E-state index < -0.39 is 6.04 Å². The normalized spacial score (nSPS) is 14.1. The number of benzene rings is 1. The van der Waals surface area contributed by atoms with Gasteiger partial charge in [-0.15, -0.1) is 0 Å². The van der Waals surface area contributed by atoms with Crippen LogP contribution in [0.5, 0.6) is 0 Å². The average molecular weight is 235 g/mol. The highest BCUT2D eigenvalue weighted by molar-refractivity contribution is 5.75. The molecule has 3 heteroatoms. The van der Waals surface area contributed by atoms with Crippen molar-refractivity contribution in [3.05, 3.63) is 35.9 Å². The van der Waals surface area contributed by atoms with Gasteiger partial charge >= 0.3 is 5.97 Å².